The summed E-state index contributed by atoms with van der Waals surface area (Å²) in [6, 6.07) is 9.95. The molecule has 2 rings (SSSR count). The standard InChI is InChI=1S/C12H12O2/c1-9-8-14-12(13)7-11(9)10-5-3-2-4-6-10/h2-7,9H,8H2,1H3. The number of carbonyl (C=O) groups excluding carboxylic acids is 1. The van der Waals surface area contributed by atoms with Crippen LogP contribution in [0.2, 0.25) is 0 Å². The highest BCUT2D eigenvalue weighted by atomic mass is 16.5. The number of hydrogen-bond acceptors (Lipinski definition) is 2. The number of hydrogen-bond donors (Lipinski definition) is 0. The maximum absolute atomic E-state index is 11.1. The van der Waals surface area contributed by atoms with E-state index in [-0.39, 0.29) is 11.9 Å². The van der Waals surface area contributed by atoms with Crippen molar-refractivity contribution in [1.29, 1.82) is 0 Å². The molecule has 1 aromatic rings. The highest BCUT2D eigenvalue weighted by molar-refractivity contribution is 5.93. The van der Waals surface area contributed by atoms with E-state index in [0.717, 1.165) is 11.1 Å². The maximum Gasteiger partial charge on any atom is 0.331 e. The smallest absolute Gasteiger partial charge is 0.331 e. The number of ether oxygens (including phenoxy) is 1. The number of carbonyl (C=O) groups is 1. The maximum atomic E-state index is 11.1. The highest BCUT2D eigenvalue weighted by Gasteiger charge is 2.19. The van der Waals surface area contributed by atoms with Crippen LogP contribution in [0.5, 0.6) is 0 Å². The molecule has 0 saturated heterocycles. The molecule has 1 aliphatic heterocycles. The Kier molecular flexibility index (Phi) is 2.35. The number of rotatable bonds is 1. The Morgan fingerprint density at radius 2 is 2.00 bits per heavy atom. The summed E-state index contributed by atoms with van der Waals surface area (Å²) in [6.45, 7) is 2.55. The van der Waals surface area contributed by atoms with Crippen LogP contribution >= 0.6 is 0 Å². The molecule has 0 saturated carbocycles. The van der Waals surface area contributed by atoms with Crippen LogP contribution < -0.4 is 0 Å². The molecule has 0 radical (unpaired) electrons. The molecule has 0 bridgehead atoms. The van der Waals surface area contributed by atoms with Crippen molar-refractivity contribution in [1.82, 2.24) is 0 Å². The van der Waals surface area contributed by atoms with Crippen LogP contribution in [-0.2, 0) is 9.53 Å². The number of cyclic esters (lactones) is 1. The van der Waals surface area contributed by atoms with Gasteiger partial charge in [0.1, 0.15) is 0 Å². The van der Waals surface area contributed by atoms with Gasteiger partial charge in [0.05, 0.1) is 6.61 Å². The lowest BCUT2D eigenvalue weighted by Gasteiger charge is -2.20. The van der Waals surface area contributed by atoms with E-state index in [1.807, 2.05) is 30.3 Å². The van der Waals surface area contributed by atoms with E-state index in [1.54, 1.807) is 6.08 Å². The summed E-state index contributed by atoms with van der Waals surface area (Å²) in [5.41, 5.74) is 2.18. The van der Waals surface area contributed by atoms with E-state index < -0.39 is 0 Å². The Hall–Kier alpha value is -1.57. The lowest BCUT2D eigenvalue weighted by atomic mass is 9.93. The van der Waals surface area contributed by atoms with E-state index in [1.165, 1.54) is 0 Å². The van der Waals surface area contributed by atoms with Gasteiger partial charge in [-0.15, -0.1) is 0 Å². The molecule has 0 aromatic heterocycles. The first kappa shape index (κ1) is 9.00. The minimum Gasteiger partial charge on any atom is -0.462 e. The van der Waals surface area contributed by atoms with Crippen molar-refractivity contribution in [2.75, 3.05) is 6.61 Å². The van der Waals surface area contributed by atoms with Crippen molar-refractivity contribution in [3.05, 3.63) is 42.0 Å². The summed E-state index contributed by atoms with van der Waals surface area (Å²) < 4.78 is 4.93. The van der Waals surface area contributed by atoms with Crippen LogP contribution in [0.25, 0.3) is 5.57 Å². The first-order valence-electron chi connectivity index (χ1n) is 4.71. The zero-order valence-electron chi connectivity index (χ0n) is 8.07. The van der Waals surface area contributed by atoms with Crippen molar-refractivity contribution in [2.45, 2.75) is 6.92 Å². The van der Waals surface area contributed by atoms with Crippen LogP contribution in [0.15, 0.2) is 36.4 Å². The number of esters is 1. The third-order valence-electron chi connectivity index (χ3n) is 2.39. The molecule has 14 heavy (non-hydrogen) atoms. The molecular formula is C12H12O2. The van der Waals surface area contributed by atoms with Gasteiger partial charge in [0.15, 0.2) is 0 Å². The summed E-state index contributed by atoms with van der Waals surface area (Å²) in [7, 11) is 0. The molecule has 1 atom stereocenters. The molecule has 1 heterocycles. The van der Waals surface area contributed by atoms with E-state index >= 15 is 0 Å². The lowest BCUT2D eigenvalue weighted by Crippen LogP contribution is -2.18. The Morgan fingerprint density at radius 1 is 1.29 bits per heavy atom. The first-order chi connectivity index (χ1) is 6.77. The van der Waals surface area contributed by atoms with Gasteiger partial charge in [0.2, 0.25) is 0 Å². The Balaban J connectivity index is 2.37. The molecule has 1 unspecified atom stereocenters. The Bertz CT molecular complexity index is 365. The fraction of sp³-hybridized carbons (Fsp3) is 0.250. The second kappa shape index (κ2) is 3.66. The third-order valence-corrected chi connectivity index (χ3v) is 2.39. The molecule has 0 amide bonds. The van der Waals surface area contributed by atoms with Gasteiger partial charge in [-0.1, -0.05) is 37.3 Å². The second-order valence-electron chi connectivity index (χ2n) is 3.50. The average Bonchev–Trinajstić information content (AvgIpc) is 2.23. The van der Waals surface area contributed by atoms with Crippen LogP contribution in [0, 0.1) is 5.92 Å². The predicted molar refractivity (Wildman–Crippen MR) is 54.5 cm³/mol. The minimum absolute atomic E-state index is 0.234. The Morgan fingerprint density at radius 3 is 2.71 bits per heavy atom. The van der Waals surface area contributed by atoms with Gasteiger partial charge >= 0.3 is 5.97 Å². The Labute approximate surface area is 83.2 Å². The second-order valence-corrected chi connectivity index (χ2v) is 3.50. The lowest BCUT2D eigenvalue weighted by molar-refractivity contribution is -0.139. The van der Waals surface area contributed by atoms with Crippen LogP contribution in [0.1, 0.15) is 12.5 Å². The van der Waals surface area contributed by atoms with E-state index in [4.69, 9.17) is 4.74 Å². The van der Waals surface area contributed by atoms with Crippen LogP contribution in [-0.4, -0.2) is 12.6 Å². The van der Waals surface area contributed by atoms with Crippen molar-refractivity contribution < 1.29 is 9.53 Å². The molecular weight excluding hydrogens is 176 g/mol. The highest BCUT2D eigenvalue weighted by Crippen LogP contribution is 2.26. The van der Waals surface area contributed by atoms with Crippen LogP contribution in [0.4, 0.5) is 0 Å². The van der Waals surface area contributed by atoms with E-state index in [2.05, 4.69) is 6.92 Å². The molecule has 1 aromatic carbocycles. The molecule has 0 aliphatic carbocycles. The molecule has 72 valence electrons. The van der Waals surface area contributed by atoms with Crippen molar-refractivity contribution >= 4 is 11.5 Å². The minimum atomic E-state index is -0.234. The normalized spacial score (nSPS) is 21.4. The van der Waals surface area contributed by atoms with Gasteiger partial charge < -0.3 is 4.74 Å². The molecule has 0 fully saturated rings. The molecule has 2 heteroatoms. The van der Waals surface area contributed by atoms with Crippen molar-refractivity contribution in [3.63, 3.8) is 0 Å². The topological polar surface area (TPSA) is 26.3 Å². The van der Waals surface area contributed by atoms with Gasteiger partial charge in [-0.25, -0.2) is 4.79 Å². The summed E-state index contributed by atoms with van der Waals surface area (Å²) in [5, 5.41) is 0. The van der Waals surface area contributed by atoms with Gasteiger partial charge in [-0.3, -0.25) is 0 Å². The number of benzene rings is 1. The van der Waals surface area contributed by atoms with Gasteiger partial charge in [0.25, 0.3) is 0 Å². The van der Waals surface area contributed by atoms with Crippen molar-refractivity contribution in [2.24, 2.45) is 5.92 Å². The summed E-state index contributed by atoms with van der Waals surface area (Å²) in [5.74, 6) is 0.0528. The molecule has 0 N–H and O–H groups in total. The summed E-state index contributed by atoms with van der Waals surface area (Å²) in [4.78, 5) is 11.1. The third kappa shape index (κ3) is 1.69. The van der Waals surface area contributed by atoms with Crippen LogP contribution in [0.3, 0.4) is 0 Å². The van der Waals surface area contributed by atoms with E-state index in [9.17, 15) is 4.79 Å². The van der Waals surface area contributed by atoms with Crippen molar-refractivity contribution in [3.8, 4) is 0 Å². The van der Waals surface area contributed by atoms with Gasteiger partial charge in [-0.2, -0.15) is 0 Å². The summed E-state index contributed by atoms with van der Waals surface area (Å²) in [6.07, 6.45) is 1.59. The first-order valence-corrected chi connectivity index (χ1v) is 4.71. The monoisotopic (exact) mass is 188 g/mol. The molecule has 1 aliphatic rings. The largest absolute Gasteiger partial charge is 0.462 e. The fourth-order valence-corrected chi connectivity index (χ4v) is 1.61. The zero-order chi connectivity index (χ0) is 9.97. The SMILES string of the molecule is CC1COC(=O)C=C1c1ccccc1. The summed E-state index contributed by atoms with van der Waals surface area (Å²) >= 11 is 0. The quantitative estimate of drug-likeness (QED) is 0.632. The average molecular weight is 188 g/mol. The molecule has 2 nitrogen and oxygen atoms in total. The predicted octanol–water partition coefficient (Wildman–Crippen LogP) is 2.26. The van der Waals surface area contributed by atoms with Gasteiger partial charge in [-0.05, 0) is 11.1 Å². The zero-order valence-corrected chi connectivity index (χ0v) is 8.07. The van der Waals surface area contributed by atoms with Gasteiger partial charge in [0, 0.05) is 12.0 Å². The fourth-order valence-electron chi connectivity index (χ4n) is 1.61. The van der Waals surface area contributed by atoms with E-state index in [0.29, 0.717) is 6.61 Å². The molecule has 0 spiro atoms.